The molecule has 1 aromatic carbocycles. The fourth-order valence-electron chi connectivity index (χ4n) is 1.68. The molecule has 0 atom stereocenters. The Morgan fingerprint density at radius 2 is 1.88 bits per heavy atom. The van der Waals surface area contributed by atoms with Crippen molar-refractivity contribution in [3.05, 3.63) is 53.9 Å². The minimum atomic E-state index is 0.821. The topological polar surface area (TPSA) is 37.0 Å². The van der Waals surface area contributed by atoms with Crippen LogP contribution in [0.15, 0.2) is 42.7 Å². The predicted octanol–water partition coefficient (Wildman–Crippen LogP) is 3.04. The van der Waals surface area contributed by atoms with Crippen molar-refractivity contribution in [3.63, 3.8) is 0 Å². The summed E-state index contributed by atoms with van der Waals surface area (Å²) in [5.41, 5.74) is 4.65. The second-order valence-electron chi connectivity index (χ2n) is 3.99. The van der Waals surface area contributed by atoms with Crippen LogP contribution >= 0.6 is 0 Å². The van der Waals surface area contributed by atoms with Gasteiger partial charge in [0.05, 0.1) is 23.8 Å². The lowest BCUT2D eigenvalue weighted by molar-refractivity contribution is 1.11. The molecule has 1 aromatic heterocycles. The van der Waals surface area contributed by atoms with Gasteiger partial charge in [-0.05, 0) is 24.1 Å². The Morgan fingerprint density at radius 1 is 1.12 bits per heavy atom. The van der Waals surface area contributed by atoms with Gasteiger partial charge >= 0.3 is 0 Å². The van der Waals surface area contributed by atoms with Crippen molar-refractivity contribution in [1.82, 2.24) is 4.98 Å². The average Bonchev–Trinajstić information content (AvgIpc) is 2.38. The molecule has 88 valence electrons. The Balaban J connectivity index is 2.05. The van der Waals surface area contributed by atoms with Gasteiger partial charge < -0.3 is 10.6 Å². The number of nitrogens with one attached hydrogen (secondary N) is 2. The summed E-state index contributed by atoms with van der Waals surface area (Å²) in [6.45, 7) is 2.95. The average molecular weight is 227 g/mol. The number of hydrogen-bond acceptors (Lipinski definition) is 3. The van der Waals surface area contributed by atoms with Crippen LogP contribution in [0.5, 0.6) is 0 Å². The Labute approximate surface area is 102 Å². The summed E-state index contributed by atoms with van der Waals surface area (Å²) in [5, 5.41) is 6.45. The molecule has 0 unspecified atom stereocenters. The summed E-state index contributed by atoms with van der Waals surface area (Å²) in [7, 11) is 1.89. The molecule has 2 aromatic rings. The minimum absolute atomic E-state index is 0.821. The first-order valence-electron chi connectivity index (χ1n) is 5.71. The number of aryl methyl sites for hydroxylation is 1. The van der Waals surface area contributed by atoms with Crippen molar-refractivity contribution in [3.8, 4) is 0 Å². The van der Waals surface area contributed by atoms with Crippen LogP contribution in [-0.2, 0) is 6.54 Å². The maximum atomic E-state index is 4.17. The first kappa shape index (κ1) is 11.5. The van der Waals surface area contributed by atoms with Crippen LogP contribution in [0.2, 0.25) is 0 Å². The lowest BCUT2D eigenvalue weighted by Gasteiger charge is -2.09. The van der Waals surface area contributed by atoms with Crippen LogP contribution in [0.4, 0.5) is 11.4 Å². The van der Waals surface area contributed by atoms with Gasteiger partial charge in [-0.2, -0.15) is 0 Å². The largest absolute Gasteiger partial charge is 0.387 e. The fourth-order valence-corrected chi connectivity index (χ4v) is 1.68. The zero-order valence-corrected chi connectivity index (χ0v) is 10.2. The summed E-state index contributed by atoms with van der Waals surface area (Å²) in [6, 6.07) is 10.4. The van der Waals surface area contributed by atoms with Crippen molar-refractivity contribution < 1.29 is 0 Å². The van der Waals surface area contributed by atoms with Gasteiger partial charge in [-0.3, -0.25) is 4.98 Å². The highest BCUT2D eigenvalue weighted by molar-refractivity contribution is 5.53. The van der Waals surface area contributed by atoms with Gasteiger partial charge in [0.1, 0.15) is 0 Å². The van der Waals surface area contributed by atoms with E-state index in [2.05, 4.69) is 46.8 Å². The molecule has 17 heavy (non-hydrogen) atoms. The molecule has 0 fully saturated rings. The molecule has 0 aliphatic rings. The molecule has 0 bridgehead atoms. The Kier molecular flexibility index (Phi) is 3.60. The number of benzene rings is 1. The third kappa shape index (κ3) is 2.97. The van der Waals surface area contributed by atoms with Gasteiger partial charge in [0, 0.05) is 13.6 Å². The quantitative estimate of drug-likeness (QED) is 0.843. The van der Waals surface area contributed by atoms with E-state index >= 15 is 0 Å². The highest BCUT2D eigenvalue weighted by atomic mass is 14.9. The summed E-state index contributed by atoms with van der Waals surface area (Å²) in [5.74, 6) is 0. The molecular formula is C14H17N3. The van der Waals surface area contributed by atoms with Crippen LogP contribution in [-0.4, -0.2) is 12.0 Å². The first-order chi connectivity index (χ1) is 8.29. The van der Waals surface area contributed by atoms with Gasteiger partial charge in [-0.15, -0.1) is 0 Å². The second kappa shape index (κ2) is 5.34. The zero-order chi connectivity index (χ0) is 12.1. The third-order valence-corrected chi connectivity index (χ3v) is 2.77. The van der Waals surface area contributed by atoms with Crippen LogP contribution in [0.3, 0.4) is 0 Å². The molecular weight excluding hydrogens is 210 g/mol. The monoisotopic (exact) mass is 227 g/mol. The van der Waals surface area contributed by atoms with Gasteiger partial charge in [-0.25, -0.2) is 0 Å². The van der Waals surface area contributed by atoms with E-state index in [9.17, 15) is 0 Å². The standard InChI is InChI=1S/C14H17N3/c1-11-5-3-4-6-12(11)8-17-14-7-13(15-2)9-16-10-14/h3-7,9-10,15,17H,8H2,1-2H3. The predicted molar refractivity (Wildman–Crippen MR) is 72.3 cm³/mol. The van der Waals surface area contributed by atoms with E-state index < -0.39 is 0 Å². The number of aromatic nitrogens is 1. The second-order valence-corrected chi connectivity index (χ2v) is 3.99. The van der Waals surface area contributed by atoms with E-state index in [1.54, 1.807) is 6.20 Å². The molecule has 2 rings (SSSR count). The molecule has 0 saturated carbocycles. The fraction of sp³-hybridized carbons (Fsp3) is 0.214. The van der Waals surface area contributed by atoms with Crippen molar-refractivity contribution in [2.45, 2.75) is 13.5 Å². The Bertz CT molecular complexity index is 494. The van der Waals surface area contributed by atoms with Gasteiger partial charge in [0.25, 0.3) is 0 Å². The van der Waals surface area contributed by atoms with E-state index in [1.807, 2.05) is 19.3 Å². The molecule has 0 aliphatic heterocycles. The number of rotatable bonds is 4. The van der Waals surface area contributed by atoms with Crippen molar-refractivity contribution in [2.75, 3.05) is 17.7 Å². The molecule has 1 heterocycles. The highest BCUT2D eigenvalue weighted by Crippen LogP contribution is 2.14. The molecule has 0 aliphatic carbocycles. The van der Waals surface area contributed by atoms with E-state index in [0.29, 0.717) is 0 Å². The summed E-state index contributed by atoms with van der Waals surface area (Å²) < 4.78 is 0. The Morgan fingerprint density at radius 3 is 2.65 bits per heavy atom. The summed E-state index contributed by atoms with van der Waals surface area (Å²) in [4.78, 5) is 4.17. The third-order valence-electron chi connectivity index (χ3n) is 2.77. The molecule has 0 spiro atoms. The summed E-state index contributed by atoms with van der Waals surface area (Å²) in [6.07, 6.45) is 3.64. The lowest BCUT2D eigenvalue weighted by Crippen LogP contribution is -2.02. The van der Waals surface area contributed by atoms with Gasteiger partial charge in [0.2, 0.25) is 0 Å². The number of anilines is 2. The van der Waals surface area contributed by atoms with E-state index in [4.69, 9.17) is 0 Å². The van der Waals surface area contributed by atoms with Crippen molar-refractivity contribution in [2.24, 2.45) is 0 Å². The van der Waals surface area contributed by atoms with Crippen molar-refractivity contribution in [1.29, 1.82) is 0 Å². The number of pyridine rings is 1. The molecule has 0 saturated heterocycles. The normalized spacial score (nSPS) is 10.0. The molecule has 3 heteroatoms. The number of nitrogens with zero attached hydrogens (tertiary/aromatic N) is 1. The van der Waals surface area contributed by atoms with Gasteiger partial charge in [-0.1, -0.05) is 24.3 Å². The SMILES string of the molecule is CNc1cncc(NCc2ccccc2C)c1. The number of hydrogen-bond donors (Lipinski definition) is 2. The lowest BCUT2D eigenvalue weighted by atomic mass is 10.1. The minimum Gasteiger partial charge on any atom is -0.387 e. The Hall–Kier alpha value is -2.03. The van der Waals surface area contributed by atoms with E-state index in [1.165, 1.54) is 11.1 Å². The van der Waals surface area contributed by atoms with E-state index in [0.717, 1.165) is 17.9 Å². The first-order valence-corrected chi connectivity index (χ1v) is 5.71. The summed E-state index contributed by atoms with van der Waals surface area (Å²) >= 11 is 0. The van der Waals surface area contributed by atoms with Crippen LogP contribution in [0.1, 0.15) is 11.1 Å². The molecule has 0 radical (unpaired) electrons. The zero-order valence-electron chi connectivity index (χ0n) is 10.2. The van der Waals surface area contributed by atoms with Crippen LogP contribution in [0, 0.1) is 6.92 Å². The maximum Gasteiger partial charge on any atom is 0.0550 e. The van der Waals surface area contributed by atoms with Crippen LogP contribution in [0.25, 0.3) is 0 Å². The smallest absolute Gasteiger partial charge is 0.0550 e. The molecule has 2 N–H and O–H groups in total. The van der Waals surface area contributed by atoms with Crippen LogP contribution < -0.4 is 10.6 Å². The van der Waals surface area contributed by atoms with Crippen molar-refractivity contribution >= 4 is 11.4 Å². The van der Waals surface area contributed by atoms with E-state index in [-0.39, 0.29) is 0 Å². The molecule has 3 nitrogen and oxygen atoms in total. The maximum absolute atomic E-state index is 4.17. The highest BCUT2D eigenvalue weighted by Gasteiger charge is 1.98. The molecule has 0 amide bonds. The van der Waals surface area contributed by atoms with Gasteiger partial charge in [0.15, 0.2) is 0 Å².